The zero-order valence-electron chi connectivity index (χ0n) is 13.8. The summed E-state index contributed by atoms with van der Waals surface area (Å²) >= 11 is 0. The van der Waals surface area contributed by atoms with Crippen LogP contribution in [0.1, 0.15) is 74.7 Å². The number of hydrogen-bond donors (Lipinski definition) is 0. The van der Waals surface area contributed by atoms with Crippen molar-refractivity contribution in [3.63, 3.8) is 0 Å². The van der Waals surface area contributed by atoms with Crippen LogP contribution in [0.3, 0.4) is 0 Å². The lowest BCUT2D eigenvalue weighted by Gasteiger charge is -2.28. The first-order valence-electron chi connectivity index (χ1n) is 8.49. The lowest BCUT2D eigenvalue weighted by molar-refractivity contribution is 0.0890. The normalized spacial score (nSPS) is 20.5. The number of carbonyl (C=O) groups is 1. The Morgan fingerprint density at radius 3 is 2.52 bits per heavy atom. The van der Waals surface area contributed by atoms with E-state index in [-0.39, 0.29) is 5.78 Å². The molecule has 0 amide bonds. The molecule has 0 spiro atoms. The van der Waals surface area contributed by atoms with Crippen LogP contribution in [-0.2, 0) is 0 Å². The first kappa shape index (κ1) is 16.2. The standard InChI is InChI=1S/C19H29NO/c1-4-18-8-6-5-7-13-20(18)14-19(21)17-11-9-16(10-12-17)15(2)3/h9-12,15,18H,4-8,13-14H2,1-3H3. The maximum Gasteiger partial charge on any atom is 0.176 e. The number of Topliss-reactive ketones (excluding diaryl/α,β-unsaturated/α-hetero) is 1. The molecule has 116 valence electrons. The maximum atomic E-state index is 12.5. The summed E-state index contributed by atoms with van der Waals surface area (Å²) in [6, 6.07) is 8.77. The fraction of sp³-hybridized carbons (Fsp3) is 0.632. The molecular weight excluding hydrogens is 258 g/mol. The van der Waals surface area contributed by atoms with E-state index in [4.69, 9.17) is 0 Å². The Bertz CT molecular complexity index is 449. The molecule has 0 saturated carbocycles. The Balaban J connectivity index is 2.02. The van der Waals surface area contributed by atoms with Gasteiger partial charge in [0.1, 0.15) is 0 Å². The first-order valence-corrected chi connectivity index (χ1v) is 8.49. The molecule has 1 unspecified atom stereocenters. The first-order chi connectivity index (χ1) is 10.1. The Labute approximate surface area is 129 Å². The van der Waals surface area contributed by atoms with Gasteiger partial charge in [0, 0.05) is 11.6 Å². The van der Waals surface area contributed by atoms with E-state index < -0.39 is 0 Å². The molecular formula is C19H29NO. The number of ketones is 1. The highest BCUT2D eigenvalue weighted by Crippen LogP contribution is 2.20. The second-order valence-corrected chi connectivity index (χ2v) is 6.58. The van der Waals surface area contributed by atoms with Crippen LogP contribution >= 0.6 is 0 Å². The molecule has 2 heteroatoms. The van der Waals surface area contributed by atoms with Gasteiger partial charge in [0.05, 0.1) is 6.54 Å². The molecule has 1 fully saturated rings. The molecule has 1 aromatic carbocycles. The van der Waals surface area contributed by atoms with Crippen LogP contribution in [0.4, 0.5) is 0 Å². The molecule has 0 aromatic heterocycles. The van der Waals surface area contributed by atoms with Crippen molar-refractivity contribution in [1.29, 1.82) is 0 Å². The SMILES string of the molecule is CCC1CCCCCN1CC(=O)c1ccc(C(C)C)cc1. The van der Waals surface area contributed by atoms with E-state index in [2.05, 4.69) is 37.8 Å². The third-order valence-corrected chi connectivity index (χ3v) is 4.72. The van der Waals surface area contributed by atoms with Gasteiger partial charge >= 0.3 is 0 Å². The number of likely N-dealkylation sites (tertiary alicyclic amines) is 1. The van der Waals surface area contributed by atoms with Crippen molar-refractivity contribution < 1.29 is 4.79 Å². The molecule has 1 aromatic rings. The molecule has 2 nitrogen and oxygen atoms in total. The average molecular weight is 287 g/mol. The molecule has 21 heavy (non-hydrogen) atoms. The van der Waals surface area contributed by atoms with Crippen LogP contribution in [0, 0.1) is 0 Å². The van der Waals surface area contributed by atoms with Gasteiger partial charge in [0.25, 0.3) is 0 Å². The molecule has 0 N–H and O–H groups in total. The van der Waals surface area contributed by atoms with Gasteiger partial charge < -0.3 is 0 Å². The Morgan fingerprint density at radius 2 is 1.90 bits per heavy atom. The maximum absolute atomic E-state index is 12.5. The quantitative estimate of drug-likeness (QED) is 0.735. The van der Waals surface area contributed by atoms with Gasteiger partial charge in [-0.05, 0) is 37.3 Å². The molecule has 1 atom stereocenters. The van der Waals surface area contributed by atoms with E-state index in [0.29, 0.717) is 18.5 Å². The minimum absolute atomic E-state index is 0.269. The van der Waals surface area contributed by atoms with Crippen LogP contribution in [0.15, 0.2) is 24.3 Å². The van der Waals surface area contributed by atoms with Crippen LogP contribution in [-0.4, -0.2) is 29.8 Å². The van der Waals surface area contributed by atoms with Crippen molar-refractivity contribution in [3.8, 4) is 0 Å². The third-order valence-electron chi connectivity index (χ3n) is 4.72. The monoisotopic (exact) mass is 287 g/mol. The predicted molar refractivity (Wildman–Crippen MR) is 89.0 cm³/mol. The zero-order chi connectivity index (χ0) is 15.2. The van der Waals surface area contributed by atoms with Gasteiger partial charge in [-0.1, -0.05) is 57.9 Å². The van der Waals surface area contributed by atoms with Crippen LogP contribution in [0.25, 0.3) is 0 Å². The number of hydrogen-bond acceptors (Lipinski definition) is 2. The van der Waals surface area contributed by atoms with E-state index in [1.807, 2.05) is 12.1 Å². The molecule has 1 saturated heterocycles. The largest absolute Gasteiger partial charge is 0.293 e. The van der Waals surface area contributed by atoms with Crippen molar-refractivity contribution in [1.82, 2.24) is 4.90 Å². The van der Waals surface area contributed by atoms with Gasteiger partial charge in [0.15, 0.2) is 5.78 Å². The van der Waals surface area contributed by atoms with Gasteiger partial charge in [-0.25, -0.2) is 0 Å². The molecule has 0 radical (unpaired) electrons. The van der Waals surface area contributed by atoms with Gasteiger partial charge in [0.2, 0.25) is 0 Å². The highest BCUT2D eigenvalue weighted by Gasteiger charge is 2.22. The number of benzene rings is 1. The van der Waals surface area contributed by atoms with Gasteiger partial charge in [-0.2, -0.15) is 0 Å². The summed E-state index contributed by atoms with van der Waals surface area (Å²) in [6.45, 7) is 8.26. The third kappa shape index (κ3) is 4.41. The number of rotatable bonds is 5. The van der Waals surface area contributed by atoms with E-state index in [0.717, 1.165) is 18.5 Å². The molecule has 2 rings (SSSR count). The highest BCUT2D eigenvalue weighted by molar-refractivity contribution is 5.97. The number of carbonyl (C=O) groups excluding carboxylic acids is 1. The van der Waals surface area contributed by atoms with E-state index in [1.165, 1.54) is 31.2 Å². The topological polar surface area (TPSA) is 20.3 Å². The van der Waals surface area contributed by atoms with E-state index in [1.54, 1.807) is 0 Å². The van der Waals surface area contributed by atoms with Crippen molar-refractivity contribution in [2.45, 2.75) is 64.8 Å². The minimum Gasteiger partial charge on any atom is -0.293 e. The van der Waals surface area contributed by atoms with E-state index >= 15 is 0 Å². The second kappa shape index (κ2) is 7.74. The average Bonchev–Trinajstić information content (AvgIpc) is 2.72. The lowest BCUT2D eigenvalue weighted by Crippen LogP contribution is -2.38. The smallest absolute Gasteiger partial charge is 0.176 e. The van der Waals surface area contributed by atoms with Crippen LogP contribution < -0.4 is 0 Å². The summed E-state index contributed by atoms with van der Waals surface area (Å²) in [5, 5.41) is 0. The minimum atomic E-state index is 0.269. The lowest BCUT2D eigenvalue weighted by atomic mass is 10.00. The summed E-state index contributed by atoms with van der Waals surface area (Å²) in [5.41, 5.74) is 2.16. The predicted octanol–water partition coefficient (Wildman–Crippen LogP) is 4.65. The summed E-state index contributed by atoms with van der Waals surface area (Å²) in [7, 11) is 0. The fourth-order valence-corrected chi connectivity index (χ4v) is 3.24. The summed E-state index contributed by atoms with van der Waals surface area (Å²) in [4.78, 5) is 14.9. The summed E-state index contributed by atoms with van der Waals surface area (Å²) in [6.07, 6.45) is 6.25. The highest BCUT2D eigenvalue weighted by atomic mass is 16.1. The summed E-state index contributed by atoms with van der Waals surface area (Å²) in [5.74, 6) is 0.787. The van der Waals surface area contributed by atoms with Gasteiger partial charge in [-0.3, -0.25) is 9.69 Å². The van der Waals surface area contributed by atoms with Crippen molar-refractivity contribution in [2.24, 2.45) is 0 Å². The summed E-state index contributed by atoms with van der Waals surface area (Å²) < 4.78 is 0. The van der Waals surface area contributed by atoms with Crippen molar-refractivity contribution >= 4 is 5.78 Å². The molecule has 0 bridgehead atoms. The Kier molecular flexibility index (Phi) is 5.98. The van der Waals surface area contributed by atoms with Crippen LogP contribution in [0.2, 0.25) is 0 Å². The van der Waals surface area contributed by atoms with Crippen molar-refractivity contribution in [3.05, 3.63) is 35.4 Å². The molecule has 1 aliphatic rings. The fourth-order valence-electron chi connectivity index (χ4n) is 3.24. The Morgan fingerprint density at radius 1 is 1.19 bits per heavy atom. The zero-order valence-corrected chi connectivity index (χ0v) is 13.8. The Hall–Kier alpha value is -1.15. The number of nitrogens with zero attached hydrogens (tertiary/aromatic N) is 1. The second-order valence-electron chi connectivity index (χ2n) is 6.58. The van der Waals surface area contributed by atoms with E-state index in [9.17, 15) is 4.79 Å². The van der Waals surface area contributed by atoms with Crippen LogP contribution in [0.5, 0.6) is 0 Å². The molecule has 1 aliphatic heterocycles. The van der Waals surface area contributed by atoms with Gasteiger partial charge in [-0.15, -0.1) is 0 Å². The molecule has 1 heterocycles. The van der Waals surface area contributed by atoms with Crippen molar-refractivity contribution in [2.75, 3.05) is 13.1 Å². The molecule has 0 aliphatic carbocycles.